The maximum absolute atomic E-state index is 6.26. The second-order valence-corrected chi connectivity index (χ2v) is 5.95. The number of fused-ring (bicyclic) bond motifs is 1. The van der Waals surface area contributed by atoms with Gasteiger partial charge >= 0.3 is 0 Å². The van der Waals surface area contributed by atoms with Crippen LogP contribution < -0.4 is 9.47 Å². The highest BCUT2D eigenvalue weighted by molar-refractivity contribution is 5.45. The molecule has 0 N–H and O–H groups in total. The van der Waals surface area contributed by atoms with Crippen molar-refractivity contribution >= 4 is 0 Å². The molecule has 0 aliphatic carbocycles. The molecule has 1 aliphatic rings. The van der Waals surface area contributed by atoms with Gasteiger partial charge in [-0.3, -0.25) is 0 Å². The van der Waals surface area contributed by atoms with E-state index in [0.29, 0.717) is 0 Å². The quantitative estimate of drug-likeness (QED) is 0.705. The fourth-order valence-corrected chi connectivity index (χ4v) is 2.98. The maximum Gasteiger partial charge on any atom is 0.278 e. The van der Waals surface area contributed by atoms with E-state index in [2.05, 4.69) is 38.1 Å². The Kier molecular flexibility index (Phi) is 4.37. The minimum atomic E-state index is -0.662. The van der Waals surface area contributed by atoms with E-state index in [1.165, 1.54) is 12.0 Å². The Morgan fingerprint density at radius 2 is 1.45 bits per heavy atom. The number of ether oxygens (including phenoxy) is 2. The summed E-state index contributed by atoms with van der Waals surface area (Å²) in [6.07, 6.45) is 5.34. The number of hydrogen-bond acceptors (Lipinski definition) is 2. The average molecular weight is 296 g/mol. The van der Waals surface area contributed by atoms with E-state index in [9.17, 15) is 0 Å². The van der Waals surface area contributed by atoms with E-state index in [0.717, 1.165) is 42.7 Å². The Labute approximate surface area is 133 Å². The number of hydrogen-bond donors (Lipinski definition) is 0. The summed E-state index contributed by atoms with van der Waals surface area (Å²) >= 11 is 0. The van der Waals surface area contributed by atoms with Crippen LogP contribution in [0.4, 0.5) is 0 Å². The molecule has 0 amide bonds. The maximum atomic E-state index is 6.26. The van der Waals surface area contributed by atoms with Gasteiger partial charge in [-0.2, -0.15) is 0 Å². The van der Waals surface area contributed by atoms with Crippen LogP contribution in [0.15, 0.2) is 48.5 Å². The predicted octanol–water partition coefficient (Wildman–Crippen LogP) is 5.45. The van der Waals surface area contributed by atoms with Crippen LogP contribution in [-0.2, 0) is 12.2 Å². The van der Waals surface area contributed by atoms with Crippen LogP contribution >= 0.6 is 0 Å². The Morgan fingerprint density at radius 1 is 0.818 bits per heavy atom. The van der Waals surface area contributed by atoms with E-state index in [4.69, 9.17) is 9.47 Å². The first-order chi connectivity index (χ1) is 10.8. The highest BCUT2D eigenvalue weighted by Gasteiger charge is 2.42. The summed E-state index contributed by atoms with van der Waals surface area (Å²) in [6.45, 7) is 4.40. The zero-order valence-corrected chi connectivity index (χ0v) is 13.5. The predicted molar refractivity (Wildman–Crippen MR) is 89.3 cm³/mol. The number of benzene rings is 2. The molecule has 1 heterocycles. The second-order valence-electron chi connectivity index (χ2n) is 5.95. The van der Waals surface area contributed by atoms with Gasteiger partial charge in [-0.25, -0.2) is 0 Å². The molecule has 2 aromatic carbocycles. The van der Waals surface area contributed by atoms with Gasteiger partial charge in [-0.15, -0.1) is 0 Å². The fourth-order valence-electron chi connectivity index (χ4n) is 2.98. The van der Waals surface area contributed by atoms with Crippen molar-refractivity contribution in [2.45, 2.75) is 51.7 Å². The highest BCUT2D eigenvalue weighted by Crippen LogP contribution is 2.46. The number of para-hydroxylation sites is 2. The second kappa shape index (κ2) is 6.43. The van der Waals surface area contributed by atoms with Crippen LogP contribution in [-0.4, -0.2) is 0 Å². The minimum Gasteiger partial charge on any atom is -0.444 e. The zero-order chi connectivity index (χ0) is 15.4. The molecule has 0 unspecified atom stereocenters. The Morgan fingerprint density at radius 3 is 2.00 bits per heavy atom. The minimum absolute atomic E-state index is 0.662. The van der Waals surface area contributed by atoms with Crippen molar-refractivity contribution < 1.29 is 9.47 Å². The van der Waals surface area contributed by atoms with Gasteiger partial charge in [0.2, 0.25) is 0 Å². The Hall–Kier alpha value is -1.96. The van der Waals surface area contributed by atoms with Gasteiger partial charge in [0.05, 0.1) is 0 Å². The lowest BCUT2D eigenvalue weighted by atomic mass is 9.97. The first kappa shape index (κ1) is 15.0. The summed E-state index contributed by atoms with van der Waals surface area (Å²) in [7, 11) is 0. The van der Waals surface area contributed by atoms with Gasteiger partial charge < -0.3 is 9.47 Å². The van der Waals surface area contributed by atoms with Crippen LogP contribution in [0.2, 0.25) is 0 Å². The van der Waals surface area contributed by atoms with E-state index in [-0.39, 0.29) is 0 Å². The number of rotatable bonds is 6. The molecule has 0 atom stereocenters. The van der Waals surface area contributed by atoms with Crippen molar-refractivity contribution in [3.63, 3.8) is 0 Å². The summed E-state index contributed by atoms with van der Waals surface area (Å²) in [5.74, 6) is 1.03. The van der Waals surface area contributed by atoms with Crippen molar-refractivity contribution in [3.8, 4) is 11.5 Å². The van der Waals surface area contributed by atoms with Crippen molar-refractivity contribution in [3.05, 3.63) is 59.7 Å². The first-order valence-electron chi connectivity index (χ1n) is 8.34. The van der Waals surface area contributed by atoms with E-state index >= 15 is 0 Å². The topological polar surface area (TPSA) is 18.5 Å². The van der Waals surface area contributed by atoms with Gasteiger partial charge in [-0.1, -0.05) is 63.1 Å². The molecule has 0 radical (unpaired) electrons. The molecule has 0 saturated carbocycles. The van der Waals surface area contributed by atoms with Crippen LogP contribution in [0.3, 0.4) is 0 Å². The molecule has 0 aromatic heterocycles. The van der Waals surface area contributed by atoms with Crippen molar-refractivity contribution in [1.82, 2.24) is 0 Å². The third kappa shape index (κ3) is 2.83. The van der Waals surface area contributed by atoms with Gasteiger partial charge in [0, 0.05) is 12.0 Å². The van der Waals surface area contributed by atoms with Crippen LogP contribution in [0.5, 0.6) is 11.5 Å². The molecule has 22 heavy (non-hydrogen) atoms. The zero-order valence-electron chi connectivity index (χ0n) is 13.5. The fraction of sp³-hybridized carbons (Fsp3) is 0.400. The lowest BCUT2D eigenvalue weighted by Crippen LogP contribution is -2.35. The normalized spacial score (nSPS) is 15.0. The molecular weight excluding hydrogens is 272 g/mol. The summed E-state index contributed by atoms with van der Waals surface area (Å²) in [5.41, 5.74) is 2.48. The summed E-state index contributed by atoms with van der Waals surface area (Å²) in [4.78, 5) is 0. The standard InChI is InChI=1S/C20H24O2/c1-3-5-15-20(17-13-11-16(8-4-2)12-14-17)21-18-9-6-7-10-19(18)22-20/h6-7,9-14H,3-5,8,15H2,1-2H3. The molecule has 0 bridgehead atoms. The molecule has 2 nitrogen and oxygen atoms in total. The third-order valence-corrected chi connectivity index (χ3v) is 4.19. The third-order valence-electron chi connectivity index (χ3n) is 4.19. The monoisotopic (exact) mass is 296 g/mol. The lowest BCUT2D eigenvalue weighted by Gasteiger charge is -2.28. The molecule has 1 aliphatic heterocycles. The molecule has 2 aromatic rings. The Bertz CT molecular complexity index is 591. The Balaban J connectivity index is 1.91. The summed E-state index contributed by atoms with van der Waals surface area (Å²) < 4.78 is 12.5. The lowest BCUT2D eigenvalue weighted by molar-refractivity contribution is -0.0944. The molecule has 0 saturated heterocycles. The summed E-state index contributed by atoms with van der Waals surface area (Å²) in [5, 5.41) is 0. The summed E-state index contributed by atoms with van der Waals surface area (Å²) in [6, 6.07) is 16.7. The van der Waals surface area contributed by atoms with Gasteiger partial charge in [0.15, 0.2) is 11.5 Å². The van der Waals surface area contributed by atoms with Crippen LogP contribution in [0.1, 0.15) is 50.7 Å². The first-order valence-corrected chi connectivity index (χ1v) is 8.34. The van der Waals surface area contributed by atoms with Gasteiger partial charge in [0.1, 0.15) is 0 Å². The van der Waals surface area contributed by atoms with Crippen LogP contribution in [0, 0.1) is 0 Å². The van der Waals surface area contributed by atoms with E-state index in [1.807, 2.05) is 24.3 Å². The SMILES string of the molecule is CCCCC1(c2ccc(CCC)cc2)Oc2ccccc2O1. The van der Waals surface area contributed by atoms with Crippen molar-refractivity contribution in [1.29, 1.82) is 0 Å². The number of aryl methyl sites for hydroxylation is 1. The molecular formula is C20H24O2. The molecule has 0 fully saturated rings. The van der Waals surface area contributed by atoms with E-state index in [1.54, 1.807) is 0 Å². The molecule has 0 spiro atoms. The molecule has 3 rings (SSSR count). The number of unbranched alkanes of at least 4 members (excludes halogenated alkanes) is 1. The van der Waals surface area contributed by atoms with Crippen molar-refractivity contribution in [2.75, 3.05) is 0 Å². The average Bonchev–Trinajstić information content (AvgIpc) is 2.93. The molecule has 116 valence electrons. The van der Waals surface area contributed by atoms with Gasteiger partial charge in [-0.05, 0) is 30.5 Å². The molecule has 2 heteroatoms. The highest BCUT2D eigenvalue weighted by atomic mass is 16.7. The largest absolute Gasteiger partial charge is 0.444 e. The van der Waals surface area contributed by atoms with Crippen molar-refractivity contribution in [2.24, 2.45) is 0 Å². The van der Waals surface area contributed by atoms with Gasteiger partial charge in [0.25, 0.3) is 5.79 Å². The van der Waals surface area contributed by atoms with E-state index < -0.39 is 5.79 Å². The van der Waals surface area contributed by atoms with Crippen LogP contribution in [0.25, 0.3) is 0 Å². The smallest absolute Gasteiger partial charge is 0.278 e.